The third-order valence-electron chi connectivity index (χ3n) is 5.80. The summed E-state index contributed by atoms with van der Waals surface area (Å²) in [5, 5.41) is 3.98. The first-order valence-electron chi connectivity index (χ1n) is 10.5. The average Bonchev–Trinajstić information content (AvgIpc) is 3.09. The van der Waals surface area contributed by atoms with Gasteiger partial charge in [-0.3, -0.25) is 19.4 Å². The molecule has 5 aromatic rings. The highest BCUT2D eigenvalue weighted by atomic mass is 35.5. The number of aryl methyl sites for hydroxylation is 2. The van der Waals surface area contributed by atoms with Crippen LogP contribution >= 0.6 is 11.6 Å². The summed E-state index contributed by atoms with van der Waals surface area (Å²) in [4.78, 5) is 33.6. The number of halogens is 1. The number of nitrogens with zero attached hydrogens (tertiary/aromatic N) is 4. The molecule has 1 amide bonds. The van der Waals surface area contributed by atoms with Crippen LogP contribution in [0.15, 0.2) is 65.7 Å². The van der Waals surface area contributed by atoms with Crippen molar-refractivity contribution in [3.05, 3.63) is 82.0 Å². The molecule has 0 bridgehead atoms. The molecule has 5 rings (SSSR count). The van der Waals surface area contributed by atoms with Crippen LogP contribution in [0.4, 0.5) is 10.6 Å². The molecular weight excluding hydrogens is 454 g/mol. The molecule has 0 fully saturated rings. The quantitative estimate of drug-likeness (QED) is 0.394. The van der Waals surface area contributed by atoms with E-state index in [1.54, 1.807) is 40.7 Å². The maximum atomic E-state index is 13.3. The SMILES string of the molecule is COC(=O)Nc1ccc(-c2ccc3ncc4c(c3c2)n(-c2ccc(Cl)cc2C)c(=O)n4C)cn1. The molecule has 9 heteroatoms. The molecule has 0 saturated carbocycles. The zero-order valence-corrected chi connectivity index (χ0v) is 19.4. The number of methoxy groups -OCH3 is 1. The standard InChI is InChI=1S/C25H20ClN5O3/c1-14-10-17(26)6-8-20(14)31-23-18-11-15(16-5-9-22(28-12-16)29-24(32)34-3)4-7-19(18)27-13-21(23)30(2)25(31)33/h4-13H,1-3H3,(H,28,29,32). The Bertz CT molecular complexity index is 1640. The van der Waals surface area contributed by atoms with Crippen molar-refractivity contribution in [1.82, 2.24) is 19.1 Å². The molecule has 0 aliphatic carbocycles. The maximum absolute atomic E-state index is 13.3. The van der Waals surface area contributed by atoms with Gasteiger partial charge in [-0.1, -0.05) is 17.7 Å². The Morgan fingerprint density at radius 1 is 1.03 bits per heavy atom. The number of ether oxygens (including phenoxy) is 1. The van der Waals surface area contributed by atoms with E-state index in [2.05, 4.69) is 20.0 Å². The van der Waals surface area contributed by atoms with Gasteiger partial charge in [0.1, 0.15) is 5.82 Å². The Labute approximate surface area is 199 Å². The number of benzene rings is 2. The first kappa shape index (κ1) is 21.7. The number of carbonyl (C=O) groups is 1. The molecule has 0 spiro atoms. The van der Waals surface area contributed by atoms with Crippen LogP contribution in [0.2, 0.25) is 5.02 Å². The number of fused-ring (bicyclic) bond motifs is 3. The summed E-state index contributed by atoms with van der Waals surface area (Å²) in [6, 6.07) is 14.9. The van der Waals surface area contributed by atoms with E-state index in [9.17, 15) is 9.59 Å². The fourth-order valence-electron chi connectivity index (χ4n) is 4.06. The van der Waals surface area contributed by atoms with Crippen LogP contribution in [0.25, 0.3) is 38.8 Å². The van der Waals surface area contributed by atoms with Crippen LogP contribution in [0, 0.1) is 6.92 Å². The topological polar surface area (TPSA) is 91.0 Å². The number of pyridine rings is 2. The summed E-state index contributed by atoms with van der Waals surface area (Å²) >= 11 is 6.16. The van der Waals surface area contributed by atoms with Gasteiger partial charge >= 0.3 is 11.8 Å². The van der Waals surface area contributed by atoms with Crippen molar-refractivity contribution < 1.29 is 9.53 Å². The predicted molar refractivity (Wildman–Crippen MR) is 133 cm³/mol. The number of nitrogens with one attached hydrogen (secondary N) is 1. The van der Waals surface area contributed by atoms with Crippen LogP contribution in [0.1, 0.15) is 5.56 Å². The normalized spacial score (nSPS) is 11.2. The number of aromatic nitrogens is 4. The molecular formula is C25H20ClN5O3. The summed E-state index contributed by atoms with van der Waals surface area (Å²) in [5.41, 5.74) is 5.48. The van der Waals surface area contributed by atoms with Crippen LogP contribution in [0.3, 0.4) is 0 Å². The van der Waals surface area contributed by atoms with E-state index in [1.165, 1.54) is 7.11 Å². The van der Waals surface area contributed by atoms with Crippen LogP contribution in [0.5, 0.6) is 0 Å². The monoisotopic (exact) mass is 473 g/mol. The van der Waals surface area contributed by atoms with E-state index in [0.29, 0.717) is 10.8 Å². The molecule has 2 aromatic carbocycles. The number of hydrogen-bond donors (Lipinski definition) is 1. The first-order valence-corrected chi connectivity index (χ1v) is 10.8. The van der Waals surface area contributed by atoms with Crippen molar-refractivity contribution in [1.29, 1.82) is 0 Å². The molecule has 0 unspecified atom stereocenters. The van der Waals surface area contributed by atoms with Crippen molar-refractivity contribution in [2.24, 2.45) is 7.05 Å². The van der Waals surface area contributed by atoms with Gasteiger partial charge < -0.3 is 4.74 Å². The average molecular weight is 474 g/mol. The zero-order valence-electron chi connectivity index (χ0n) is 18.7. The van der Waals surface area contributed by atoms with E-state index >= 15 is 0 Å². The number of rotatable bonds is 3. The molecule has 34 heavy (non-hydrogen) atoms. The molecule has 0 aliphatic rings. The zero-order chi connectivity index (χ0) is 24.0. The van der Waals surface area contributed by atoms with Crippen molar-refractivity contribution >= 4 is 45.4 Å². The lowest BCUT2D eigenvalue weighted by molar-refractivity contribution is 0.187. The van der Waals surface area contributed by atoms with Crippen LogP contribution < -0.4 is 11.0 Å². The molecule has 3 aromatic heterocycles. The van der Waals surface area contributed by atoms with Gasteiger partial charge in [-0.15, -0.1) is 0 Å². The Balaban J connectivity index is 1.72. The Morgan fingerprint density at radius 2 is 1.82 bits per heavy atom. The molecule has 0 aliphatic heterocycles. The first-order chi connectivity index (χ1) is 16.4. The second-order valence-corrected chi connectivity index (χ2v) is 8.32. The highest BCUT2D eigenvalue weighted by Gasteiger charge is 2.18. The maximum Gasteiger partial charge on any atom is 0.412 e. The largest absolute Gasteiger partial charge is 0.453 e. The lowest BCUT2D eigenvalue weighted by Crippen LogP contribution is -2.21. The third-order valence-corrected chi connectivity index (χ3v) is 6.03. The molecule has 3 heterocycles. The lowest BCUT2D eigenvalue weighted by atomic mass is 10.0. The van der Waals surface area contributed by atoms with Crippen LogP contribution in [-0.2, 0) is 11.8 Å². The molecule has 170 valence electrons. The Hall–Kier alpha value is -4.17. The smallest absolute Gasteiger partial charge is 0.412 e. The molecule has 0 saturated heterocycles. The number of hydrogen-bond acceptors (Lipinski definition) is 5. The minimum Gasteiger partial charge on any atom is -0.453 e. The van der Waals surface area contributed by atoms with Gasteiger partial charge in [-0.25, -0.2) is 14.6 Å². The van der Waals surface area contributed by atoms with E-state index in [0.717, 1.165) is 44.3 Å². The van der Waals surface area contributed by atoms with Crippen molar-refractivity contribution in [2.75, 3.05) is 12.4 Å². The van der Waals surface area contributed by atoms with Gasteiger partial charge in [0, 0.05) is 29.2 Å². The van der Waals surface area contributed by atoms with Gasteiger partial charge in [0.15, 0.2) is 0 Å². The number of anilines is 1. The van der Waals surface area contributed by atoms with Gasteiger partial charge in [0.05, 0.1) is 35.5 Å². The Morgan fingerprint density at radius 3 is 2.53 bits per heavy atom. The summed E-state index contributed by atoms with van der Waals surface area (Å²) < 4.78 is 7.90. The highest BCUT2D eigenvalue weighted by Crippen LogP contribution is 2.31. The second-order valence-electron chi connectivity index (χ2n) is 7.88. The van der Waals surface area contributed by atoms with Gasteiger partial charge in [-0.2, -0.15) is 0 Å². The molecule has 0 radical (unpaired) electrons. The number of carbonyl (C=O) groups excluding carboxylic acids is 1. The van der Waals surface area contributed by atoms with Crippen LogP contribution in [-0.4, -0.2) is 32.3 Å². The summed E-state index contributed by atoms with van der Waals surface area (Å²) in [6.45, 7) is 1.93. The predicted octanol–water partition coefficient (Wildman–Crippen LogP) is 5.08. The van der Waals surface area contributed by atoms with Gasteiger partial charge in [0.2, 0.25) is 0 Å². The summed E-state index contributed by atoms with van der Waals surface area (Å²) in [6.07, 6.45) is 2.80. The van der Waals surface area contributed by atoms with Gasteiger partial charge in [0.25, 0.3) is 0 Å². The van der Waals surface area contributed by atoms with Crippen molar-refractivity contribution in [2.45, 2.75) is 6.92 Å². The second kappa shape index (κ2) is 8.31. The lowest BCUT2D eigenvalue weighted by Gasteiger charge is -2.10. The fourth-order valence-corrected chi connectivity index (χ4v) is 4.29. The fraction of sp³-hybridized carbons (Fsp3) is 0.120. The van der Waals surface area contributed by atoms with E-state index < -0.39 is 6.09 Å². The minimum atomic E-state index is -0.584. The third kappa shape index (κ3) is 3.58. The van der Waals surface area contributed by atoms with E-state index in [-0.39, 0.29) is 5.69 Å². The molecule has 0 atom stereocenters. The minimum absolute atomic E-state index is 0.167. The molecule has 1 N–H and O–H groups in total. The van der Waals surface area contributed by atoms with Crippen molar-refractivity contribution in [3.8, 4) is 16.8 Å². The Kier molecular flexibility index (Phi) is 5.30. The summed E-state index contributed by atoms with van der Waals surface area (Å²) in [7, 11) is 3.03. The number of amides is 1. The van der Waals surface area contributed by atoms with E-state index in [4.69, 9.17) is 11.6 Å². The highest BCUT2D eigenvalue weighted by molar-refractivity contribution is 6.30. The molecule has 8 nitrogen and oxygen atoms in total. The number of imidazole rings is 1. The van der Waals surface area contributed by atoms with Gasteiger partial charge in [-0.05, 0) is 60.5 Å². The van der Waals surface area contributed by atoms with E-state index in [1.807, 2.05) is 43.3 Å². The summed E-state index contributed by atoms with van der Waals surface area (Å²) in [5.74, 6) is 0.385. The van der Waals surface area contributed by atoms with Crippen molar-refractivity contribution in [3.63, 3.8) is 0 Å².